The number of carbonyl (C=O) groups is 1. The summed E-state index contributed by atoms with van der Waals surface area (Å²) in [5, 5.41) is 16.5. The predicted molar refractivity (Wildman–Crippen MR) is 169 cm³/mol. The van der Waals surface area contributed by atoms with Gasteiger partial charge in [-0.3, -0.25) is 4.90 Å². The molecule has 4 heterocycles. The highest BCUT2D eigenvalue weighted by Crippen LogP contribution is 2.21. The summed E-state index contributed by atoms with van der Waals surface area (Å²) in [7, 11) is 0. The number of hydrogen-bond donors (Lipinski definition) is 3. The minimum Gasteiger partial charge on any atom is -0.480 e. The number of nitrogens with zero attached hydrogens (tertiary/aromatic N) is 4. The van der Waals surface area contributed by atoms with Crippen LogP contribution >= 0.6 is 0 Å². The molecule has 1 aromatic carbocycles. The summed E-state index contributed by atoms with van der Waals surface area (Å²) in [6.45, 7) is 3.58. The van der Waals surface area contributed by atoms with Crippen LogP contribution in [-0.4, -0.2) is 69.8 Å². The lowest BCUT2D eigenvalue weighted by atomic mass is 10.1. The third-order valence-electron chi connectivity index (χ3n) is 7.63. The third kappa shape index (κ3) is 9.24. The number of aliphatic carboxylic acids is 1. The Balaban J connectivity index is 1.14. The Kier molecular flexibility index (Phi) is 10.9. The maximum atomic E-state index is 12.2. The summed E-state index contributed by atoms with van der Waals surface area (Å²) in [5.41, 5.74) is 4.47. The molecular formula is C34H40N6O3. The Morgan fingerprint density at radius 1 is 0.953 bits per heavy atom. The van der Waals surface area contributed by atoms with Gasteiger partial charge in [0, 0.05) is 49.4 Å². The number of nitrogens with one attached hydrogen (secondary N) is 2. The summed E-state index contributed by atoms with van der Waals surface area (Å²) in [5.74, 6) is 1.27. The maximum Gasteiger partial charge on any atom is 0.326 e. The minimum atomic E-state index is -0.897. The first kappa shape index (κ1) is 30.0. The van der Waals surface area contributed by atoms with E-state index in [1.54, 1.807) is 12.4 Å². The molecule has 1 aliphatic rings. The Bertz CT molecular complexity index is 1420. The number of fused-ring (bicyclic) bond motifs is 1. The highest BCUT2D eigenvalue weighted by molar-refractivity contribution is 5.77. The van der Waals surface area contributed by atoms with Crippen molar-refractivity contribution in [2.24, 2.45) is 0 Å². The molecule has 3 N–H and O–H groups in total. The molecule has 1 atom stereocenters. The Morgan fingerprint density at radius 3 is 2.63 bits per heavy atom. The molecule has 0 aliphatic carbocycles. The highest BCUT2D eigenvalue weighted by atomic mass is 16.5. The van der Waals surface area contributed by atoms with Gasteiger partial charge in [0.05, 0.1) is 0 Å². The smallest absolute Gasteiger partial charge is 0.326 e. The summed E-state index contributed by atoms with van der Waals surface area (Å²) >= 11 is 0. The van der Waals surface area contributed by atoms with Crippen molar-refractivity contribution in [2.75, 3.05) is 43.4 Å². The first-order chi connectivity index (χ1) is 21.1. The molecule has 0 saturated heterocycles. The fourth-order valence-electron chi connectivity index (χ4n) is 5.22. The Labute approximate surface area is 253 Å². The number of ether oxygens (including phenoxy) is 1. The number of carboxylic acid groups (broad SMARTS) is 1. The average Bonchev–Trinajstić information content (AvgIpc) is 3.05. The minimum absolute atomic E-state index is 0.430. The monoisotopic (exact) mass is 580 g/mol. The standard InChI is InChI=1S/C34H40N6O3/c41-34(42)30(39-31-17-15-28(25-37-31)26-9-2-1-3-10-26)18-22-40(23-24-43-32-13-4-6-19-35-32)21-7-5-12-29-16-14-27-11-8-20-36-33(27)38-29/h1-4,6,9-10,13-17,19,25,30H,5,7-8,11-12,18,20-24H2,(H,36,38)(H,37,39)(H,41,42). The van der Waals surface area contributed by atoms with Crippen molar-refractivity contribution < 1.29 is 14.6 Å². The number of unbranched alkanes of at least 4 members (excludes halogenated alkanes) is 1. The van der Waals surface area contributed by atoms with Crippen LogP contribution in [0.5, 0.6) is 5.88 Å². The van der Waals surface area contributed by atoms with Crippen molar-refractivity contribution in [2.45, 2.75) is 44.6 Å². The zero-order chi connectivity index (χ0) is 29.7. The Hall–Kier alpha value is -4.50. The van der Waals surface area contributed by atoms with E-state index in [0.29, 0.717) is 37.8 Å². The molecule has 9 heteroatoms. The van der Waals surface area contributed by atoms with Gasteiger partial charge in [-0.1, -0.05) is 42.5 Å². The summed E-state index contributed by atoms with van der Waals surface area (Å²) < 4.78 is 5.85. The molecule has 1 aliphatic heterocycles. The van der Waals surface area contributed by atoms with E-state index >= 15 is 0 Å². The number of anilines is 2. The van der Waals surface area contributed by atoms with Gasteiger partial charge in [0.2, 0.25) is 5.88 Å². The molecule has 0 fully saturated rings. The maximum absolute atomic E-state index is 12.2. The summed E-state index contributed by atoms with van der Waals surface area (Å²) in [6, 6.07) is 23.0. The lowest BCUT2D eigenvalue weighted by molar-refractivity contribution is -0.138. The van der Waals surface area contributed by atoms with Gasteiger partial charge in [-0.05, 0) is 80.5 Å². The van der Waals surface area contributed by atoms with E-state index in [4.69, 9.17) is 9.72 Å². The van der Waals surface area contributed by atoms with Crippen molar-refractivity contribution >= 4 is 17.6 Å². The van der Waals surface area contributed by atoms with Crippen LogP contribution in [0, 0.1) is 0 Å². The second-order valence-electron chi connectivity index (χ2n) is 10.8. The van der Waals surface area contributed by atoms with Gasteiger partial charge in [-0.25, -0.2) is 19.7 Å². The van der Waals surface area contributed by atoms with Crippen molar-refractivity contribution in [1.82, 2.24) is 19.9 Å². The second kappa shape index (κ2) is 15.7. The number of carboxylic acids is 1. The number of aromatic nitrogens is 3. The van der Waals surface area contributed by atoms with Crippen LogP contribution < -0.4 is 15.4 Å². The van der Waals surface area contributed by atoms with Gasteiger partial charge in [-0.15, -0.1) is 0 Å². The molecule has 0 spiro atoms. The lowest BCUT2D eigenvalue weighted by Crippen LogP contribution is -2.37. The molecule has 1 unspecified atom stereocenters. The molecule has 43 heavy (non-hydrogen) atoms. The van der Waals surface area contributed by atoms with E-state index in [9.17, 15) is 9.90 Å². The molecule has 0 radical (unpaired) electrons. The number of aryl methyl sites for hydroxylation is 2. The van der Waals surface area contributed by atoms with Gasteiger partial charge >= 0.3 is 5.97 Å². The largest absolute Gasteiger partial charge is 0.480 e. The van der Waals surface area contributed by atoms with Crippen molar-refractivity contribution in [3.63, 3.8) is 0 Å². The van der Waals surface area contributed by atoms with Gasteiger partial charge in [-0.2, -0.15) is 0 Å². The van der Waals surface area contributed by atoms with Crippen LogP contribution in [0.15, 0.2) is 85.2 Å². The van der Waals surface area contributed by atoms with E-state index in [1.165, 1.54) is 5.56 Å². The van der Waals surface area contributed by atoms with Crippen LogP contribution in [0.1, 0.15) is 36.9 Å². The molecule has 3 aromatic heterocycles. The average molecular weight is 581 g/mol. The van der Waals surface area contributed by atoms with Crippen LogP contribution in [0.3, 0.4) is 0 Å². The topological polar surface area (TPSA) is 112 Å². The lowest BCUT2D eigenvalue weighted by Gasteiger charge is -2.24. The molecule has 0 saturated carbocycles. The van der Waals surface area contributed by atoms with Gasteiger partial charge < -0.3 is 20.5 Å². The highest BCUT2D eigenvalue weighted by Gasteiger charge is 2.19. The molecule has 0 bridgehead atoms. The van der Waals surface area contributed by atoms with Gasteiger partial charge in [0.15, 0.2) is 0 Å². The van der Waals surface area contributed by atoms with Gasteiger partial charge in [0.1, 0.15) is 24.3 Å². The summed E-state index contributed by atoms with van der Waals surface area (Å²) in [6.07, 6.45) is 9.04. The SMILES string of the molecule is O=C(O)C(CCN(CCCCc1ccc2c(n1)NCCC2)CCOc1ccccn1)Nc1ccc(-c2ccccc2)cn1. The number of rotatable bonds is 16. The fourth-order valence-corrected chi connectivity index (χ4v) is 5.22. The normalized spacial score (nSPS) is 13.1. The Morgan fingerprint density at radius 2 is 1.84 bits per heavy atom. The van der Waals surface area contributed by atoms with E-state index in [2.05, 4.69) is 37.6 Å². The van der Waals surface area contributed by atoms with E-state index in [-0.39, 0.29) is 0 Å². The zero-order valence-corrected chi connectivity index (χ0v) is 24.5. The second-order valence-corrected chi connectivity index (χ2v) is 10.8. The van der Waals surface area contributed by atoms with Crippen molar-refractivity contribution in [1.29, 1.82) is 0 Å². The molecular weight excluding hydrogens is 540 g/mol. The van der Waals surface area contributed by atoms with Gasteiger partial charge in [0.25, 0.3) is 0 Å². The summed E-state index contributed by atoms with van der Waals surface area (Å²) in [4.78, 5) is 28.0. The van der Waals surface area contributed by atoms with Crippen LogP contribution in [-0.2, 0) is 17.6 Å². The molecule has 224 valence electrons. The molecule has 9 nitrogen and oxygen atoms in total. The zero-order valence-electron chi connectivity index (χ0n) is 24.5. The number of benzene rings is 1. The first-order valence-electron chi connectivity index (χ1n) is 15.1. The number of pyridine rings is 3. The third-order valence-corrected chi connectivity index (χ3v) is 7.63. The van der Waals surface area contributed by atoms with E-state index < -0.39 is 12.0 Å². The van der Waals surface area contributed by atoms with Crippen LogP contribution in [0.2, 0.25) is 0 Å². The van der Waals surface area contributed by atoms with Crippen LogP contribution in [0.4, 0.5) is 11.6 Å². The van der Waals surface area contributed by atoms with Crippen molar-refractivity contribution in [3.8, 4) is 17.0 Å². The van der Waals surface area contributed by atoms with E-state index in [1.807, 2.05) is 60.7 Å². The quantitative estimate of drug-likeness (QED) is 0.147. The molecule has 0 amide bonds. The number of hydrogen-bond acceptors (Lipinski definition) is 8. The fraction of sp³-hybridized carbons (Fsp3) is 0.353. The van der Waals surface area contributed by atoms with E-state index in [0.717, 1.165) is 67.8 Å². The molecule has 4 aromatic rings. The molecule has 5 rings (SSSR count). The van der Waals surface area contributed by atoms with Crippen LogP contribution in [0.25, 0.3) is 11.1 Å². The predicted octanol–water partition coefficient (Wildman–Crippen LogP) is 5.56. The van der Waals surface area contributed by atoms with Crippen molar-refractivity contribution in [3.05, 3.63) is 96.4 Å². The first-order valence-corrected chi connectivity index (χ1v) is 15.1.